The summed E-state index contributed by atoms with van der Waals surface area (Å²) in [7, 11) is 0. The molecule has 1 aromatic carbocycles. The monoisotopic (exact) mass is 457 g/mol. The van der Waals surface area contributed by atoms with Crippen molar-refractivity contribution in [1.82, 2.24) is 19.1 Å². The van der Waals surface area contributed by atoms with Gasteiger partial charge in [-0.2, -0.15) is 10.4 Å². The fraction of sp³-hybridized carbons (Fsp3) is 0.364. The third-order valence-electron chi connectivity index (χ3n) is 5.14. The Morgan fingerprint density at radius 1 is 1.34 bits per heavy atom. The van der Waals surface area contributed by atoms with E-state index in [1.165, 1.54) is 44.4 Å². The zero-order chi connectivity index (χ0) is 23.2. The number of carbonyl (C=O) groups excluding carboxylic acids is 1. The SMILES string of the molecule is CC(C)(C)OC(=O)N1CC(C#N)CC1c1nn2ccc(Cl)c2c(=O)n1-c1cccc(F)c1. The number of likely N-dealkylation sites (tertiary alicyclic amines) is 1. The summed E-state index contributed by atoms with van der Waals surface area (Å²) in [6.07, 6.45) is 1.16. The molecule has 0 spiro atoms. The minimum absolute atomic E-state index is 0.123. The molecule has 0 aliphatic carbocycles. The number of nitrogens with zero attached hydrogens (tertiary/aromatic N) is 5. The van der Waals surface area contributed by atoms with Gasteiger partial charge in [0, 0.05) is 12.7 Å². The Kier molecular flexibility index (Phi) is 5.42. The van der Waals surface area contributed by atoms with E-state index in [-0.39, 0.29) is 35.0 Å². The van der Waals surface area contributed by atoms with Crippen LogP contribution in [0.3, 0.4) is 0 Å². The van der Waals surface area contributed by atoms with E-state index < -0.39 is 35.0 Å². The standard InChI is InChI=1S/C22H21ClFN5O3/c1-22(2,3)32-21(31)27-12-13(11-25)9-17(27)19-26-28-8-7-16(23)18(28)20(30)29(19)15-6-4-5-14(24)10-15/h4-8,10,13,17H,9,12H2,1-3H3. The third-order valence-corrected chi connectivity index (χ3v) is 5.44. The fourth-order valence-corrected chi connectivity index (χ4v) is 4.05. The van der Waals surface area contributed by atoms with Gasteiger partial charge in [-0.15, -0.1) is 0 Å². The second-order valence-corrected chi connectivity index (χ2v) is 9.05. The third kappa shape index (κ3) is 3.94. The molecule has 166 valence electrons. The van der Waals surface area contributed by atoms with Crippen LogP contribution in [0.15, 0.2) is 41.3 Å². The lowest BCUT2D eigenvalue weighted by Crippen LogP contribution is -2.39. The molecule has 1 aliphatic heterocycles. The van der Waals surface area contributed by atoms with Gasteiger partial charge in [0.25, 0.3) is 5.56 Å². The van der Waals surface area contributed by atoms with E-state index in [2.05, 4.69) is 11.2 Å². The van der Waals surface area contributed by atoms with Crippen molar-refractivity contribution in [1.29, 1.82) is 5.26 Å². The van der Waals surface area contributed by atoms with E-state index in [1.54, 1.807) is 26.8 Å². The number of rotatable bonds is 2. The van der Waals surface area contributed by atoms with E-state index >= 15 is 0 Å². The van der Waals surface area contributed by atoms with Crippen molar-refractivity contribution in [2.24, 2.45) is 5.92 Å². The van der Waals surface area contributed by atoms with E-state index in [9.17, 15) is 19.2 Å². The van der Waals surface area contributed by atoms with Crippen LogP contribution < -0.4 is 5.56 Å². The quantitative estimate of drug-likeness (QED) is 0.577. The lowest BCUT2D eigenvalue weighted by Gasteiger charge is -2.29. The molecule has 1 amide bonds. The molecular formula is C22H21ClFN5O3. The number of nitriles is 1. The molecule has 1 saturated heterocycles. The zero-order valence-electron chi connectivity index (χ0n) is 17.7. The van der Waals surface area contributed by atoms with E-state index in [4.69, 9.17) is 16.3 Å². The molecule has 1 aliphatic rings. The Bertz CT molecular complexity index is 1300. The van der Waals surface area contributed by atoms with Crippen LogP contribution in [0.4, 0.5) is 9.18 Å². The van der Waals surface area contributed by atoms with Gasteiger partial charge in [-0.3, -0.25) is 14.3 Å². The van der Waals surface area contributed by atoms with Gasteiger partial charge < -0.3 is 4.74 Å². The second kappa shape index (κ2) is 7.95. The lowest BCUT2D eigenvalue weighted by atomic mass is 10.1. The first-order valence-electron chi connectivity index (χ1n) is 10.0. The second-order valence-electron chi connectivity index (χ2n) is 8.65. The number of amides is 1. The minimum Gasteiger partial charge on any atom is -0.444 e. The number of halogens is 2. The van der Waals surface area contributed by atoms with Crippen molar-refractivity contribution < 1.29 is 13.9 Å². The van der Waals surface area contributed by atoms with Gasteiger partial charge in [0.05, 0.1) is 28.7 Å². The zero-order valence-corrected chi connectivity index (χ0v) is 18.5. The highest BCUT2D eigenvalue weighted by Crippen LogP contribution is 2.36. The van der Waals surface area contributed by atoms with Crippen LogP contribution in [0.25, 0.3) is 11.2 Å². The van der Waals surface area contributed by atoms with Gasteiger partial charge in [-0.1, -0.05) is 17.7 Å². The number of benzene rings is 1. The van der Waals surface area contributed by atoms with Crippen molar-refractivity contribution in [3.05, 3.63) is 63.5 Å². The molecule has 0 radical (unpaired) electrons. The van der Waals surface area contributed by atoms with Crippen LogP contribution in [-0.2, 0) is 4.74 Å². The number of fused-ring (bicyclic) bond motifs is 1. The molecule has 3 aromatic rings. The topological polar surface area (TPSA) is 92.6 Å². The Morgan fingerprint density at radius 2 is 2.09 bits per heavy atom. The van der Waals surface area contributed by atoms with Gasteiger partial charge >= 0.3 is 6.09 Å². The van der Waals surface area contributed by atoms with Gasteiger partial charge in [0.15, 0.2) is 5.82 Å². The molecule has 2 aromatic heterocycles. The summed E-state index contributed by atoms with van der Waals surface area (Å²) >= 11 is 6.20. The average molecular weight is 458 g/mol. The van der Waals surface area contributed by atoms with Crippen LogP contribution in [0.5, 0.6) is 0 Å². The number of ether oxygens (including phenoxy) is 1. The maximum Gasteiger partial charge on any atom is 0.410 e. The van der Waals surface area contributed by atoms with Crippen molar-refractivity contribution in [3.63, 3.8) is 0 Å². The first kappa shape index (κ1) is 21.8. The highest BCUT2D eigenvalue weighted by molar-refractivity contribution is 6.33. The molecule has 0 N–H and O–H groups in total. The minimum atomic E-state index is -0.750. The van der Waals surface area contributed by atoms with Crippen molar-refractivity contribution in [3.8, 4) is 11.8 Å². The number of hydrogen-bond donors (Lipinski definition) is 0. The summed E-state index contributed by atoms with van der Waals surface area (Å²) in [6, 6.07) is 8.48. The van der Waals surface area contributed by atoms with E-state index in [0.29, 0.717) is 0 Å². The number of aromatic nitrogens is 3. The summed E-state index contributed by atoms with van der Waals surface area (Å²) in [5.41, 5.74) is -0.903. The molecule has 4 rings (SSSR count). The highest BCUT2D eigenvalue weighted by atomic mass is 35.5. The largest absolute Gasteiger partial charge is 0.444 e. The smallest absolute Gasteiger partial charge is 0.410 e. The molecule has 32 heavy (non-hydrogen) atoms. The summed E-state index contributed by atoms with van der Waals surface area (Å²) in [6.45, 7) is 5.35. The molecule has 1 fully saturated rings. The Labute approximate surface area is 188 Å². The molecule has 0 saturated carbocycles. The molecule has 10 heteroatoms. The predicted octanol–water partition coefficient (Wildman–Crippen LogP) is 4.10. The number of hydrogen-bond acceptors (Lipinski definition) is 5. The Balaban J connectivity index is 1.94. The van der Waals surface area contributed by atoms with Crippen molar-refractivity contribution >= 4 is 23.2 Å². The summed E-state index contributed by atoms with van der Waals surface area (Å²) in [5.74, 6) is -0.828. The van der Waals surface area contributed by atoms with Crippen LogP contribution in [0, 0.1) is 23.1 Å². The summed E-state index contributed by atoms with van der Waals surface area (Å²) < 4.78 is 22.1. The van der Waals surface area contributed by atoms with E-state index in [1.807, 2.05) is 0 Å². The van der Waals surface area contributed by atoms with Crippen LogP contribution >= 0.6 is 11.6 Å². The first-order valence-corrected chi connectivity index (χ1v) is 10.4. The van der Waals surface area contributed by atoms with Crippen molar-refractivity contribution in [2.75, 3.05) is 6.54 Å². The predicted molar refractivity (Wildman–Crippen MR) is 115 cm³/mol. The highest BCUT2D eigenvalue weighted by Gasteiger charge is 2.41. The van der Waals surface area contributed by atoms with Crippen LogP contribution in [-0.4, -0.2) is 37.3 Å². The fourth-order valence-electron chi connectivity index (χ4n) is 3.82. The molecule has 3 heterocycles. The maximum atomic E-state index is 14.0. The Morgan fingerprint density at radius 3 is 2.75 bits per heavy atom. The molecular weight excluding hydrogens is 437 g/mol. The molecule has 2 unspecified atom stereocenters. The van der Waals surface area contributed by atoms with Gasteiger partial charge in [-0.05, 0) is 51.5 Å². The van der Waals surface area contributed by atoms with E-state index in [0.717, 1.165) is 0 Å². The molecule has 8 nitrogen and oxygen atoms in total. The first-order chi connectivity index (χ1) is 15.1. The van der Waals surface area contributed by atoms with Gasteiger partial charge in [-0.25, -0.2) is 13.7 Å². The normalized spacial score (nSPS) is 18.7. The number of carbonyl (C=O) groups is 1. The summed E-state index contributed by atoms with van der Waals surface area (Å²) in [5, 5.41) is 14.3. The molecule has 0 bridgehead atoms. The van der Waals surface area contributed by atoms with Gasteiger partial charge in [0.2, 0.25) is 0 Å². The van der Waals surface area contributed by atoms with Crippen LogP contribution in [0.2, 0.25) is 5.02 Å². The lowest BCUT2D eigenvalue weighted by molar-refractivity contribution is 0.0213. The average Bonchev–Trinajstić information content (AvgIpc) is 3.30. The molecule has 2 atom stereocenters. The van der Waals surface area contributed by atoms with Crippen molar-refractivity contribution in [2.45, 2.75) is 38.8 Å². The summed E-state index contributed by atoms with van der Waals surface area (Å²) in [4.78, 5) is 27.8. The van der Waals surface area contributed by atoms with Crippen LogP contribution in [0.1, 0.15) is 39.1 Å². The van der Waals surface area contributed by atoms with Gasteiger partial charge in [0.1, 0.15) is 16.9 Å². The Hall–Kier alpha value is -3.38. The maximum absolute atomic E-state index is 14.0.